The molecule has 3 aromatic carbocycles. The fourth-order valence-corrected chi connectivity index (χ4v) is 3.97. The molecule has 0 saturated heterocycles. The second kappa shape index (κ2) is 8.09. The summed E-state index contributed by atoms with van der Waals surface area (Å²) >= 11 is 1.40. The van der Waals surface area contributed by atoms with Gasteiger partial charge in [0.1, 0.15) is 0 Å². The highest BCUT2D eigenvalue weighted by Gasteiger charge is 2.20. The number of hydrogen-bond donors (Lipinski definition) is 1. The molecule has 4 rings (SSSR count). The van der Waals surface area contributed by atoms with Crippen molar-refractivity contribution in [3.63, 3.8) is 0 Å². The van der Waals surface area contributed by atoms with E-state index in [-0.39, 0.29) is 11.2 Å². The molecule has 0 fully saturated rings. The number of thioether (sulfide) groups is 1. The lowest BCUT2D eigenvalue weighted by Gasteiger charge is -2.13. The SMILES string of the molecule is Cc1ccc(-c2nnc(SC(C)C(=O)Nc3cccc4ccccc34)n2C)cc1. The summed E-state index contributed by atoms with van der Waals surface area (Å²) in [6, 6.07) is 22.1. The van der Waals surface area contributed by atoms with E-state index in [4.69, 9.17) is 0 Å². The Kier molecular flexibility index (Phi) is 5.36. The maximum absolute atomic E-state index is 12.8. The van der Waals surface area contributed by atoms with Crippen LogP contribution in [-0.2, 0) is 11.8 Å². The third-order valence-electron chi connectivity index (χ3n) is 4.84. The average Bonchev–Trinajstić information content (AvgIpc) is 3.09. The van der Waals surface area contributed by atoms with Crippen LogP contribution < -0.4 is 5.32 Å². The van der Waals surface area contributed by atoms with Gasteiger partial charge in [0, 0.05) is 23.7 Å². The molecule has 1 heterocycles. The summed E-state index contributed by atoms with van der Waals surface area (Å²) in [5.41, 5.74) is 3.02. The van der Waals surface area contributed by atoms with Crippen molar-refractivity contribution in [2.24, 2.45) is 7.05 Å². The number of benzene rings is 3. The fraction of sp³-hybridized carbons (Fsp3) is 0.174. The lowest BCUT2D eigenvalue weighted by molar-refractivity contribution is -0.115. The van der Waals surface area contributed by atoms with Crippen molar-refractivity contribution in [1.82, 2.24) is 14.8 Å². The van der Waals surface area contributed by atoms with Crippen LogP contribution >= 0.6 is 11.8 Å². The average molecular weight is 403 g/mol. The van der Waals surface area contributed by atoms with Crippen LogP contribution in [0.25, 0.3) is 22.2 Å². The molecule has 1 amide bonds. The number of nitrogens with zero attached hydrogens (tertiary/aromatic N) is 3. The molecule has 6 heteroatoms. The summed E-state index contributed by atoms with van der Waals surface area (Å²) in [4.78, 5) is 12.8. The van der Waals surface area contributed by atoms with Gasteiger partial charge in [-0.25, -0.2) is 0 Å². The third kappa shape index (κ3) is 4.03. The molecule has 1 unspecified atom stereocenters. The minimum absolute atomic E-state index is 0.0637. The topological polar surface area (TPSA) is 59.8 Å². The predicted molar refractivity (Wildman–Crippen MR) is 119 cm³/mol. The summed E-state index contributed by atoms with van der Waals surface area (Å²) in [5.74, 6) is 0.723. The Labute approximate surface area is 174 Å². The van der Waals surface area contributed by atoms with Gasteiger partial charge in [0.15, 0.2) is 11.0 Å². The Morgan fingerprint density at radius 2 is 1.72 bits per heavy atom. The highest BCUT2D eigenvalue weighted by atomic mass is 32.2. The summed E-state index contributed by atoms with van der Waals surface area (Å²) < 4.78 is 1.93. The Morgan fingerprint density at radius 1 is 1.00 bits per heavy atom. The Balaban J connectivity index is 1.50. The van der Waals surface area contributed by atoms with Gasteiger partial charge in [0.05, 0.1) is 5.25 Å². The Morgan fingerprint density at radius 3 is 2.52 bits per heavy atom. The van der Waals surface area contributed by atoms with Crippen molar-refractivity contribution < 1.29 is 4.79 Å². The molecule has 0 aliphatic carbocycles. The van der Waals surface area contributed by atoms with E-state index in [0.29, 0.717) is 5.16 Å². The molecule has 0 aliphatic rings. The number of hydrogen-bond acceptors (Lipinski definition) is 4. The normalized spacial score (nSPS) is 12.1. The largest absolute Gasteiger partial charge is 0.325 e. The van der Waals surface area contributed by atoms with Crippen molar-refractivity contribution >= 4 is 34.1 Å². The van der Waals surface area contributed by atoms with Crippen LogP contribution in [0.5, 0.6) is 0 Å². The summed E-state index contributed by atoms with van der Waals surface area (Å²) in [6.45, 7) is 3.93. The minimum Gasteiger partial charge on any atom is -0.325 e. The van der Waals surface area contributed by atoms with Crippen molar-refractivity contribution in [1.29, 1.82) is 0 Å². The van der Waals surface area contributed by atoms with Crippen molar-refractivity contribution in [2.45, 2.75) is 24.3 Å². The van der Waals surface area contributed by atoms with Crippen LogP contribution in [0.3, 0.4) is 0 Å². The lowest BCUT2D eigenvalue weighted by Crippen LogP contribution is -2.23. The van der Waals surface area contributed by atoms with Gasteiger partial charge in [-0.05, 0) is 25.3 Å². The Bertz CT molecular complexity index is 1160. The van der Waals surface area contributed by atoms with Gasteiger partial charge in [-0.2, -0.15) is 0 Å². The number of carbonyl (C=O) groups is 1. The molecule has 0 spiro atoms. The Hall–Kier alpha value is -3.12. The van der Waals surface area contributed by atoms with Crippen LogP contribution in [0.1, 0.15) is 12.5 Å². The second-order valence-electron chi connectivity index (χ2n) is 7.01. The molecule has 5 nitrogen and oxygen atoms in total. The van der Waals surface area contributed by atoms with E-state index in [2.05, 4.69) is 34.6 Å². The van der Waals surface area contributed by atoms with Crippen molar-refractivity contribution in [3.05, 3.63) is 72.3 Å². The van der Waals surface area contributed by atoms with Crippen LogP contribution in [0.15, 0.2) is 71.9 Å². The number of rotatable bonds is 5. The summed E-state index contributed by atoms with van der Waals surface area (Å²) in [5, 5.41) is 14.2. The van der Waals surface area contributed by atoms with E-state index in [1.807, 2.05) is 73.1 Å². The highest BCUT2D eigenvalue weighted by Crippen LogP contribution is 2.28. The molecular weight excluding hydrogens is 380 g/mol. The minimum atomic E-state index is -0.317. The zero-order valence-corrected chi connectivity index (χ0v) is 17.4. The summed E-state index contributed by atoms with van der Waals surface area (Å²) in [6.07, 6.45) is 0. The number of aromatic nitrogens is 3. The molecule has 146 valence electrons. The maximum Gasteiger partial charge on any atom is 0.237 e. The van der Waals surface area contributed by atoms with Gasteiger partial charge in [-0.1, -0.05) is 78.0 Å². The fourth-order valence-electron chi connectivity index (χ4n) is 3.15. The van der Waals surface area contributed by atoms with Crippen LogP contribution in [0.2, 0.25) is 0 Å². The number of fused-ring (bicyclic) bond motifs is 1. The van der Waals surface area contributed by atoms with Crippen LogP contribution in [0, 0.1) is 6.92 Å². The zero-order chi connectivity index (χ0) is 20.4. The molecule has 0 saturated carbocycles. The van der Waals surface area contributed by atoms with Crippen molar-refractivity contribution in [2.75, 3.05) is 5.32 Å². The predicted octanol–water partition coefficient (Wildman–Crippen LogP) is 5.06. The van der Waals surface area contributed by atoms with E-state index in [9.17, 15) is 4.79 Å². The van der Waals surface area contributed by atoms with Gasteiger partial charge in [0.25, 0.3) is 0 Å². The molecule has 29 heavy (non-hydrogen) atoms. The number of nitrogens with one attached hydrogen (secondary N) is 1. The van der Waals surface area contributed by atoms with Gasteiger partial charge >= 0.3 is 0 Å². The number of anilines is 1. The van der Waals surface area contributed by atoms with Gasteiger partial charge in [0.2, 0.25) is 5.91 Å². The quantitative estimate of drug-likeness (QED) is 0.474. The standard InChI is InChI=1S/C23H22N4OS/c1-15-11-13-18(14-12-15)21-25-26-23(27(21)3)29-16(2)22(28)24-20-10-6-8-17-7-4-5-9-19(17)20/h4-14,16H,1-3H3,(H,24,28). The summed E-state index contributed by atoms with van der Waals surface area (Å²) in [7, 11) is 1.92. The monoisotopic (exact) mass is 402 g/mol. The van der Waals surface area contributed by atoms with E-state index in [1.54, 1.807) is 0 Å². The first-order valence-electron chi connectivity index (χ1n) is 9.44. The molecule has 0 bridgehead atoms. The van der Waals surface area contributed by atoms with E-state index in [1.165, 1.54) is 17.3 Å². The second-order valence-corrected chi connectivity index (χ2v) is 8.32. The van der Waals surface area contributed by atoms with Crippen LogP contribution in [0.4, 0.5) is 5.69 Å². The first-order chi connectivity index (χ1) is 14.0. The molecule has 4 aromatic rings. The first kappa shape index (κ1) is 19.2. The van der Waals surface area contributed by atoms with Gasteiger partial charge < -0.3 is 9.88 Å². The first-order valence-corrected chi connectivity index (χ1v) is 10.3. The number of aryl methyl sites for hydroxylation is 1. The molecular formula is C23H22N4OS. The maximum atomic E-state index is 12.8. The van der Waals surface area contributed by atoms with Gasteiger partial charge in [-0.3, -0.25) is 4.79 Å². The van der Waals surface area contributed by atoms with Crippen molar-refractivity contribution in [3.8, 4) is 11.4 Å². The smallest absolute Gasteiger partial charge is 0.237 e. The zero-order valence-electron chi connectivity index (χ0n) is 16.6. The van der Waals surface area contributed by atoms with Crippen LogP contribution in [-0.4, -0.2) is 25.9 Å². The number of carbonyl (C=O) groups excluding carboxylic acids is 1. The van der Waals surface area contributed by atoms with E-state index >= 15 is 0 Å². The highest BCUT2D eigenvalue weighted by molar-refractivity contribution is 8.00. The number of amides is 1. The molecule has 1 aromatic heterocycles. The molecule has 1 N–H and O–H groups in total. The lowest BCUT2D eigenvalue weighted by atomic mass is 10.1. The van der Waals surface area contributed by atoms with E-state index in [0.717, 1.165) is 27.8 Å². The molecule has 0 radical (unpaired) electrons. The van der Waals surface area contributed by atoms with Gasteiger partial charge in [-0.15, -0.1) is 10.2 Å². The molecule has 0 aliphatic heterocycles. The van der Waals surface area contributed by atoms with E-state index < -0.39 is 0 Å². The third-order valence-corrected chi connectivity index (χ3v) is 5.98. The molecule has 1 atom stereocenters.